The van der Waals surface area contributed by atoms with Crippen molar-refractivity contribution in [2.45, 2.75) is 46.6 Å². The molecule has 0 bridgehead atoms. The van der Waals surface area contributed by atoms with Gasteiger partial charge in [-0.2, -0.15) is 0 Å². The molecule has 0 aliphatic heterocycles. The lowest BCUT2D eigenvalue weighted by molar-refractivity contribution is -0.150. The minimum atomic E-state index is -0.898. The molecule has 2 rings (SSSR count). The molecule has 0 unspecified atom stereocenters. The van der Waals surface area contributed by atoms with Crippen LogP contribution in [0.3, 0.4) is 0 Å². The van der Waals surface area contributed by atoms with Crippen LogP contribution in [0.2, 0.25) is 0 Å². The van der Waals surface area contributed by atoms with E-state index in [0.717, 1.165) is 16.8 Å². The van der Waals surface area contributed by atoms with Gasteiger partial charge in [-0.25, -0.2) is 4.79 Å². The van der Waals surface area contributed by atoms with Crippen LogP contribution in [0.5, 0.6) is 0 Å². The Labute approximate surface area is 170 Å². The zero-order valence-electron chi connectivity index (χ0n) is 17.4. The van der Waals surface area contributed by atoms with Crippen molar-refractivity contribution in [1.82, 2.24) is 5.32 Å². The van der Waals surface area contributed by atoms with Crippen LogP contribution >= 0.6 is 0 Å². The number of nitrogens with one attached hydrogen (secondary N) is 2. The Morgan fingerprint density at radius 3 is 2.38 bits per heavy atom. The number of hydrogen-bond acceptors (Lipinski definition) is 5. The number of para-hydroxylation sites is 1. The number of anilines is 1. The van der Waals surface area contributed by atoms with Gasteiger partial charge in [0, 0.05) is 5.69 Å². The first kappa shape index (κ1) is 22.2. The molecule has 1 aromatic carbocycles. The maximum absolute atomic E-state index is 12.4. The Balaban J connectivity index is 1.98. The van der Waals surface area contributed by atoms with Gasteiger partial charge in [-0.3, -0.25) is 9.59 Å². The molecule has 0 saturated carbocycles. The number of aryl methyl sites for hydroxylation is 1. The number of carbonyl (C=O) groups is 3. The molecule has 0 fully saturated rings. The molecular formula is C22H28N2O5. The zero-order valence-corrected chi connectivity index (χ0v) is 17.4. The number of rotatable bonds is 8. The van der Waals surface area contributed by atoms with Gasteiger partial charge in [0.1, 0.15) is 6.04 Å². The van der Waals surface area contributed by atoms with Crippen LogP contribution in [-0.4, -0.2) is 30.4 Å². The van der Waals surface area contributed by atoms with Crippen LogP contribution in [-0.2, 0) is 14.3 Å². The number of carbonyl (C=O) groups excluding carboxylic acids is 3. The quantitative estimate of drug-likeness (QED) is 0.659. The third-order valence-corrected chi connectivity index (χ3v) is 4.49. The van der Waals surface area contributed by atoms with Gasteiger partial charge in [-0.05, 0) is 42.0 Å². The van der Waals surface area contributed by atoms with E-state index in [4.69, 9.17) is 9.15 Å². The Hall–Kier alpha value is -3.09. The van der Waals surface area contributed by atoms with E-state index < -0.39 is 30.4 Å². The van der Waals surface area contributed by atoms with E-state index in [1.807, 2.05) is 39.0 Å². The summed E-state index contributed by atoms with van der Waals surface area (Å²) in [6.45, 7) is 9.10. The van der Waals surface area contributed by atoms with E-state index in [1.54, 1.807) is 19.9 Å². The fourth-order valence-corrected chi connectivity index (χ4v) is 2.86. The minimum Gasteiger partial charge on any atom is -0.459 e. The van der Waals surface area contributed by atoms with Gasteiger partial charge in [-0.15, -0.1) is 0 Å². The highest BCUT2D eigenvalue weighted by atomic mass is 16.5. The monoisotopic (exact) mass is 400 g/mol. The summed E-state index contributed by atoms with van der Waals surface area (Å²) in [5.41, 5.74) is 2.67. The number of esters is 1. The van der Waals surface area contributed by atoms with Gasteiger partial charge in [0.15, 0.2) is 12.4 Å². The molecule has 156 valence electrons. The summed E-state index contributed by atoms with van der Waals surface area (Å²) in [6, 6.07) is 7.99. The standard InChI is InChI=1S/C22H28N2O5/c1-13(2)16-9-6-8-15(5)20(16)23-18(25)12-29-22(27)19(14(3)4)24-21(26)17-10-7-11-28-17/h6-11,13-14,19H,12H2,1-5H3,(H,23,25)(H,24,26)/t19-/m0/s1. The lowest BCUT2D eigenvalue weighted by Crippen LogP contribution is -2.45. The normalized spacial score (nSPS) is 12.0. The predicted molar refractivity (Wildman–Crippen MR) is 110 cm³/mol. The number of amides is 2. The van der Waals surface area contributed by atoms with Crippen molar-refractivity contribution in [3.8, 4) is 0 Å². The lowest BCUT2D eigenvalue weighted by atomic mass is 9.98. The first-order valence-corrected chi connectivity index (χ1v) is 9.61. The number of hydrogen-bond donors (Lipinski definition) is 2. The fraction of sp³-hybridized carbons (Fsp3) is 0.409. The Bertz CT molecular complexity index is 856. The van der Waals surface area contributed by atoms with Crippen molar-refractivity contribution in [2.24, 2.45) is 5.92 Å². The summed E-state index contributed by atoms with van der Waals surface area (Å²) in [6.07, 6.45) is 1.37. The number of benzene rings is 1. The Morgan fingerprint density at radius 1 is 1.07 bits per heavy atom. The van der Waals surface area contributed by atoms with E-state index in [1.165, 1.54) is 12.3 Å². The number of furan rings is 1. The van der Waals surface area contributed by atoms with Crippen molar-refractivity contribution in [3.63, 3.8) is 0 Å². The molecule has 7 heteroatoms. The SMILES string of the molecule is Cc1cccc(C(C)C)c1NC(=O)COC(=O)[C@@H](NC(=O)c1ccco1)C(C)C. The largest absolute Gasteiger partial charge is 0.459 e. The van der Waals surface area contributed by atoms with Gasteiger partial charge in [0.2, 0.25) is 0 Å². The van der Waals surface area contributed by atoms with Crippen molar-refractivity contribution < 1.29 is 23.5 Å². The highest BCUT2D eigenvalue weighted by Gasteiger charge is 2.27. The Morgan fingerprint density at radius 2 is 1.79 bits per heavy atom. The maximum atomic E-state index is 12.4. The molecular weight excluding hydrogens is 372 g/mol. The van der Waals surface area contributed by atoms with Gasteiger partial charge in [0.05, 0.1) is 6.26 Å². The average molecular weight is 400 g/mol. The van der Waals surface area contributed by atoms with Crippen LogP contribution < -0.4 is 10.6 Å². The first-order valence-electron chi connectivity index (χ1n) is 9.61. The minimum absolute atomic E-state index is 0.0990. The van der Waals surface area contributed by atoms with E-state index in [-0.39, 0.29) is 17.6 Å². The lowest BCUT2D eigenvalue weighted by Gasteiger charge is -2.20. The van der Waals surface area contributed by atoms with Crippen LogP contribution in [0.15, 0.2) is 41.0 Å². The molecule has 2 amide bonds. The smallest absolute Gasteiger partial charge is 0.329 e. The predicted octanol–water partition coefficient (Wildman–Crippen LogP) is 3.65. The molecule has 1 heterocycles. The molecule has 29 heavy (non-hydrogen) atoms. The van der Waals surface area contributed by atoms with Crippen molar-refractivity contribution >= 4 is 23.5 Å². The maximum Gasteiger partial charge on any atom is 0.329 e. The van der Waals surface area contributed by atoms with Crippen LogP contribution in [0.25, 0.3) is 0 Å². The van der Waals surface area contributed by atoms with E-state index in [9.17, 15) is 14.4 Å². The van der Waals surface area contributed by atoms with Crippen LogP contribution in [0.1, 0.15) is 55.3 Å². The average Bonchev–Trinajstić information content (AvgIpc) is 3.20. The Kier molecular flexibility index (Phi) is 7.59. The highest BCUT2D eigenvalue weighted by Crippen LogP contribution is 2.27. The molecule has 0 saturated heterocycles. The summed E-state index contributed by atoms with van der Waals surface area (Å²) in [7, 11) is 0. The molecule has 0 radical (unpaired) electrons. The summed E-state index contributed by atoms with van der Waals surface area (Å²) in [4.78, 5) is 36.9. The topological polar surface area (TPSA) is 97.6 Å². The third kappa shape index (κ3) is 5.94. The molecule has 0 aliphatic rings. The second-order valence-electron chi connectivity index (χ2n) is 7.52. The third-order valence-electron chi connectivity index (χ3n) is 4.49. The molecule has 2 N–H and O–H groups in total. The molecule has 1 aromatic heterocycles. The number of ether oxygens (including phenoxy) is 1. The second-order valence-corrected chi connectivity index (χ2v) is 7.52. The fourth-order valence-electron chi connectivity index (χ4n) is 2.86. The van der Waals surface area contributed by atoms with Crippen molar-refractivity contribution in [3.05, 3.63) is 53.5 Å². The summed E-state index contributed by atoms with van der Waals surface area (Å²) >= 11 is 0. The van der Waals surface area contributed by atoms with Gasteiger partial charge >= 0.3 is 5.97 Å². The molecule has 1 atom stereocenters. The van der Waals surface area contributed by atoms with Gasteiger partial charge in [-0.1, -0.05) is 45.9 Å². The molecule has 0 spiro atoms. The van der Waals surface area contributed by atoms with Crippen molar-refractivity contribution in [1.29, 1.82) is 0 Å². The first-order chi connectivity index (χ1) is 13.7. The van der Waals surface area contributed by atoms with Crippen molar-refractivity contribution in [2.75, 3.05) is 11.9 Å². The van der Waals surface area contributed by atoms with Gasteiger partial charge < -0.3 is 19.8 Å². The molecule has 2 aromatic rings. The molecule has 7 nitrogen and oxygen atoms in total. The zero-order chi connectivity index (χ0) is 21.6. The van der Waals surface area contributed by atoms with E-state index >= 15 is 0 Å². The summed E-state index contributed by atoms with van der Waals surface area (Å²) < 4.78 is 10.2. The summed E-state index contributed by atoms with van der Waals surface area (Å²) in [5, 5.41) is 5.41. The van der Waals surface area contributed by atoms with E-state index in [2.05, 4.69) is 10.6 Å². The summed E-state index contributed by atoms with van der Waals surface area (Å²) in [5.74, 6) is -1.53. The highest BCUT2D eigenvalue weighted by molar-refractivity contribution is 5.96. The van der Waals surface area contributed by atoms with Crippen LogP contribution in [0.4, 0.5) is 5.69 Å². The van der Waals surface area contributed by atoms with E-state index in [0.29, 0.717) is 0 Å². The van der Waals surface area contributed by atoms with Gasteiger partial charge in [0.25, 0.3) is 11.8 Å². The molecule has 0 aliphatic carbocycles. The van der Waals surface area contributed by atoms with Crippen LogP contribution in [0, 0.1) is 12.8 Å². The second kappa shape index (κ2) is 9.91.